The van der Waals surface area contributed by atoms with E-state index in [9.17, 15) is 4.57 Å². The van der Waals surface area contributed by atoms with E-state index in [1.165, 1.54) is 14.2 Å². The predicted octanol–water partition coefficient (Wildman–Crippen LogP) is 1.61. The molecule has 4 nitrogen and oxygen atoms in total. The summed E-state index contributed by atoms with van der Waals surface area (Å²) in [5.74, 6) is 0. The van der Waals surface area contributed by atoms with Crippen LogP contribution < -0.4 is 5.73 Å². The van der Waals surface area contributed by atoms with Gasteiger partial charge in [0.2, 0.25) is 0 Å². The quantitative estimate of drug-likeness (QED) is 0.492. The van der Waals surface area contributed by atoms with E-state index in [0.29, 0.717) is 5.69 Å². The summed E-state index contributed by atoms with van der Waals surface area (Å²) in [5, 5.41) is 0. The molecule has 0 fully saturated rings. The van der Waals surface area contributed by atoms with Gasteiger partial charge in [-0.3, -0.25) is 4.57 Å². The fraction of sp³-hybridized carbons (Fsp3) is 0.333. The fourth-order valence-corrected chi connectivity index (χ4v) is 2.12. The molecule has 0 aliphatic heterocycles. The van der Waals surface area contributed by atoms with E-state index in [0.717, 1.165) is 5.56 Å². The molecule has 0 radical (unpaired) electrons. The molecule has 1 rings (SSSR count). The molecule has 6 heteroatoms. The minimum absolute atomic E-state index is 0. The molecule has 15 heavy (non-hydrogen) atoms. The molecule has 1 aromatic carbocycles. The number of benzene rings is 1. The van der Waals surface area contributed by atoms with Gasteiger partial charge in [0.15, 0.2) is 0 Å². The molecule has 0 unspecified atom stereocenters. The van der Waals surface area contributed by atoms with Crippen LogP contribution in [-0.2, 0) is 19.8 Å². The number of rotatable bonds is 4. The molecule has 0 aliphatic carbocycles. The fourth-order valence-electron chi connectivity index (χ4n) is 1.05. The summed E-state index contributed by atoms with van der Waals surface area (Å²) < 4.78 is 21.4. The average Bonchev–Trinajstić information content (AvgIpc) is 2.21. The molecule has 0 aromatic heterocycles. The molecule has 0 bridgehead atoms. The summed E-state index contributed by atoms with van der Waals surface area (Å²) in [5.41, 5.74) is 7.08. The molecule has 0 atom stereocenters. The van der Waals surface area contributed by atoms with Crippen LogP contribution in [0.5, 0.6) is 0 Å². The van der Waals surface area contributed by atoms with Crippen molar-refractivity contribution in [2.75, 3.05) is 20.0 Å². The third-order valence-electron chi connectivity index (χ3n) is 1.91. The third kappa shape index (κ3) is 4.68. The van der Waals surface area contributed by atoms with Crippen LogP contribution in [0.3, 0.4) is 0 Å². The van der Waals surface area contributed by atoms with Gasteiger partial charge < -0.3 is 14.8 Å². The molecule has 0 aliphatic rings. The van der Waals surface area contributed by atoms with E-state index < -0.39 is 7.60 Å². The van der Waals surface area contributed by atoms with Crippen molar-refractivity contribution in [1.29, 1.82) is 0 Å². The van der Waals surface area contributed by atoms with Gasteiger partial charge in [0.1, 0.15) is 0 Å². The summed E-state index contributed by atoms with van der Waals surface area (Å²) in [4.78, 5) is 0. The van der Waals surface area contributed by atoms with Crippen LogP contribution in [0.4, 0.5) is 5.69 Å². The molecule has 2 N–H and O–H groups in total. The molecule has 0 spiro atoms. The summed E-state index contributed by atoms with van der Waals surface area (Å²) in [7, 11) is -0.206. The van der Waals surface area contributed by atoms with E-state index in [-0.39, 0.29) is 35.7 Å². The monoisotopic (exact) mass is 239 g/mol. The normalized spacial score (nSPS) is 10.8. The van der Waals surface area contributed by atoms with Gasteiger partial charge in [-0.1, -0.05) is 12.1 Å². The summed E-state index contributed by atoms with van der Waals surface area (Å²) in [6.07, 6.45) is 0.264. The minimum atomic E-state index is -2.96. The van der Waals surface area contributed by atoms with Crippen LogP contribution >= 0.6 is 7.60 Å². The van der Waals surface area contributed by atoms with Crippen LogP contribution in [0.15, 0.2) is 24.3 Å². The second-order valence-electron chi connectivity index (χ2n) is 2.88. The van der Waals surface area contributed by atoms with E-state index in [2.05, 4.69) is 0 Å². The second-order valence-corrected chi connectivity index (χ2v) is 5.14. The Morgan fingerprint density at radius 1 is 1.20 bits per heavy atom. The van der Waals surface area contributed by atoms with Crippen molar-refractivity contribution < 1.29 is 13.6 Å². The van der Waals surface area contributed by atoms with Gasteiger partial charge in [-0.05, 0) is 17.7 Å². The van der Waals surface area contributed by atoms with Crippen LogP contribution in [0, 0.1) is 0 Å². The Morgan fingerprint density at radius 3 is 2.07 bits per heavy atom. The van der Waals surface area contributed by atoms with Gasteiger partial charge in [-0.25, -0.2) is 0 Å². The van der Waals surface area contributed by atoms with Gasteiger partial charge in [-0.15, -0.1) is 0 Å². The van der Waals surface area contributed by atoms with Crippen LogP contribution in [-0.4, -0.2) is 43.8 Å². The Kier molecular flexibility index (Phi) is 6.76. The van der Waals surface area contributed by atoms with Crippen LogP contribution in [0.2, 0.25) is 0 Å². The second kappa shape index (κ2) is 6.69. The number of nitrogen functional groups attached to an aromatic ring is 1. The number of hydrogen-bond acceptors (Lipinski definition) is 4. The zero-order valence-corrected chi connectivity index (χ0v) is 9.16. The van der Waals surface area contributed by atoms with Gasteiger partial charge in [0.25, 0.3) is 0 Å². The van der Waals surface area contributed by atoms with Crippen molar-refractivity contribution in [2.24, 2.45) is 0 Å². The van der Waals surface area contributed by atoms with Gasteiger partial charge in [0, 0.05) is 19.9 Å². The molecule has 1 aromatic rings. The molecular weight excluding hydrogens is 224 g/mol. The van der Waals surface area contributed by atoms with Crippen molar-refractivity contribution >= 4 is 42.8 Å². The zero-order valence-electron chi connectivity index (χ0n) is 8.27. The summed E-state index contributed by atoms with van der Waals surface area (Å²) in [6, 6.07) is 7.12. The first-order chi connectivity index (χ1) is 6.59. The van der Waals surface area contributed by atoms with Crippen molar-refractivity contribution in [3.63, 3.8) is 0 Å². The van der Waals surface area contributed by atoms with E-state index in [1.807, 2.05) is 0 Å². The Labute approximate surface area is 112 Å². The maximum absolute atomic E-state index is 11.7. The van der Waals surface area contributed by atoms with E-state index in [4.69, 9.17) is 14.8 Å². The number of anilines is 1. The van der Waals surface area contributed by atoms with Crippen LogP contribution in [0.25, 0.3) is 0 Å². The average molecular weight is 239 g/mol. The third-order valence-corrected chi connectivity index (χ3v) is 3.78. The Bertz CT molecular complexity index is 334. The SMILES string of the molecule is COP(=O)(Cc1ccc(N)cc1)OC.[NaH]. The zero-order chi connectivity index (χ0) is 10.6. The summed E-state index contributed by atoms with van der Waals surface area (Å²) in [6.45, 7) is 0. The van der Waals surface area contributed by atoms with Crippen LogP contribution in [0.1, 0.15) is 5.56 Å². The summed E-state index contributed by atoms with van der Waals surface area (Å²) >= 11 is 0. The van der Waals surface area contributed by atoms with Crippen molar-refractivity contribution in [2.45, 2.75) is 6.16 Å². The van der Waals surface area contributed by atoms with E-state index in [1.54, 1.807) is 24.3 Å². The Balaban J connectivity index is 0.00000196. The predicted molar refractivity (Wildman–Crippen MR) is 63.3 cm³/mol. The molecular formula is C9H15NNaO3P. The molecule has 0 saturated heterocycles. The molecule has 80 valence electrons. The maximum atomic E-state index is 11.7. The van der Waals surface area contributed by atoms with E-state index >= 15 is 0 Å². The Hall–Kier alpha value is 0.170. The first-order valence-corrected chi connectivity index (χ1v) is 5.87. The number of nitrogens with two attached hydrogens (primary N) is 1. The topological polar surface area (TPSA) is 61.5 Å². The van der Waals surface area contributed by atoms with Crippen molar-refractivity contribution in [3.8, 4) is 0 Å². The molecule has 0 amide bonds. The first kappa shape index (κ1) is 15.2. The molecule has 0 saturated carbocycles. The van der Waals surface area contributed by atoms with Crippen molar-refractivity contribution in [3.05, 3.63) is 29.8 Å². The molecule has 0 heterocycles. The van der Waals surface area contributed by atoms with Crippen molar-refractivity contribution in [1.82, 2.24) is 0 Å². The number of hydrogen-bond donors (Lipinski definition) is 1. The first-order valence-electron chi connectivity index (χ1n) is 4.14. The standard InChI is InChI=1S/C9H14NO3P.Na.H/c1-12-14(11,13-2)7-8-3-5-9(10)6-4-8;;/h3-6H,7,10H2,1-2H3;;. The van der Waals surface area contributed by atoms with Gasteiger partial charge in [0.05, 0.1) is 6.16 Å². The Morgan fingerprint density at radius 2 is 1.67 bits per heavy atom. The van der Waals surface area contributed by atoms with Gasteiger partial charge in [-0.2, -0.15) is 0 Å². The van der Waals surface area contributed by atoms with Gasteiger partial charge >= 0.3 is 37.2 Å².